The van der Waals surface area contributed by atoms with Crippen LogP contribution in [0.15, 0.2) is 42.5 Å². The van der Waals surface area contributed by atoms with E-state index in [1.54, 1.807) is 43.9 Å². The second-order valence-corrected chi connectivity index (χ2v) is 10.4. The van der Waals surface area contributed by atoms with E-state index < -0.39 is 17.3 Å². The Morgan fingerprint density at radius 2 is 1.59 bits per heavy atom. The number of benzene rings is 1. The molecule has 0 aliphatic carbocycles. The van der Waals surface area contributed by atoms with Crippen LogP contribution in [0.25, 0.3) is 0 Å². The molecule has 1 amide bonds. The minimum Gasteiger partial charge on any atom is -0.354 e. The molecule has 1 saturated heterocycles. The molecule has 1 fully saturated rings. The van der Waals surface area contributed by atoms with Gasteiger partial charge in [-0.05, 0) is 12.1 Å². The first-order valence-electron chi connectivity index (χ1n) is 12.4. The lowest BCUT2D eigenvalue weighted by Crippen LogP contribution is -2.47. The highest BCUT2D eigenvalue weighted by Crippen LogP contribution is 2.32. The highest BCUT2D eigenvalue weighted by molar-refractivity contribution is 6.10. The van der Waals surface area contributed by atoms with Crippen LogP contribution in [0, 0.1) is 0 Å². The predicted octanol–water partition coefficient (Wildman–Crippen LogP) is 4.48. The molecule has 1 aromatic heterocycles. The predicted molar refractivity (Wildman–Crippen MR) is 136 cm³/mol. The number of halogens is 3. The summed E-state index contributed by atoms with van der Waals surface area (Å²) in [6.45, 7) is 8.85. The summed E-state index contributed by atoms with van der Waals surface area (Å²) in [6.07, 6.45) is -0.213. The molecule has 10 heteroatoms. The first-order valence-corrected chi connectivity index (χ1v) is 12.4. The van der Waals surface area contributed by atoms with Crippen molar-refractivity contribution < 1.29 is 22.8 Å². The number of carbonyl (C=O) groups excluding carboxylic acids is 2. The molecule has 0 N–H and O–H groups in total. The van der Waals surface area contributed by atoms with Crippen LogP contribution in [0.4, 0.5) is 24.7 Å². The van der Waals surface area contributed by atoms with Gasteiger partial charge in [0.1, 0.15) is 17.3 Å². The fourth-order valence-electron chi connectivity index (χ4n) is 4.41. The van der Waals surface area contributed by atoms with Crippen LogP contribution in [-0.2, 0) is 16.4 Å². The molecule has 3 heterocycles. The van der Waals surface area contributed by atoms with E-state index in [9.17, 15) is 22.8 Å². The summed E-state index contributed by atoms with van der Waals surface area (Å²) in [5.74, 6) is 0.382. The molecule has 2 aliphatic heterocycles. The molecule has 0 radical (unpaired) electrons. The lowest BCUT2D eigenvalue weighted by atomic mass is 9.95. The number of para-hydroxylation sites is 1. The quantitative estimate of drug-likeness (QED) is 0.547. The summed E-state index contributed by atoms with van der Waals surface area (Å²) in [6, 6.07) is 8.21. The van der Waals surface area contributed by atoms with Gasteiger partial charge in [-0.15, -0.1) is 0 Å². The number of fused-ring (bicyclic) bond motifs is 1. The van der Waals surface area contributed by atoms with Gasteiger partial charge in [0.05, 0.1) is 5.69 Å². The van der Waals surface area contributed by atoms with Crippen LogP contribution in [0.5, 0.6) is 0 Å². The summed E-state index contributed by atoms with van der Waals surface area (Å²) in [5.41, 5.74) is -0.304. The number of carbonyl (C=O) groups is 2. The highest BCUT2D eigenvalue weighted by atomic mass is 19.4. The van der Waals surface area contributed by atoms with Gasteiger partial charge in [0.2, 0.25) is 5.91 Å². The molecule has 7 nitrogen and oxygen atoms in total. The third-order valence-corrected chi connectivity index (χ3v) is 6.55. The smallest absolute Gasteiger partial charge is 0.354 e. The third-order valence-electron chi connectivity index (χ3n) is 6.55. The lowest BCUT2D eigenvalue weighted by molar-refractivity contribution is -0.141. The maximum absolute atomic E-state index is 13.5. The van der Waals surface area contributed by atoms with Crippen molar-refractivity contribution in [2.24, 2.45) is 0 Å². The molecule has 2 aliphatic rings. The first kappa shape index (κ1) is 26.8. The van der Waals surface area contributed by atoms with Gasteiger partial charge in [-0.3, -0.25) is 14.5 Å². The van der Waals surface area contributed by atoms with Crippen molar-refractivity contribution in [3.63, 3.8) is 0 Å². The number of alkyl halides is 3. The number of rotatable bonds is 5. The van der Waals surface area contributed by atoms with Crippen LogP contribution in [0.3, 0.4) is 0 Å². The average molecular weight is 516 g/mol. The Hall–Kier alpha value is -3.27. The number of nitrogens with zero attached hydrogens (tertiary/aromatic N) is 5. The molecule has 198 valence electrons. The Morgan fingerprint density at radius 3 is 2.27 bits per heavy atom. The van der Waals surface area contributed by atoms with Crippen LogP contribution < -0.4 is 9.80 Å². The van der Waals surface area contributed by atoms with Gasteiger partial charge in [0.25, 0.3) is 0 Å². The molecule has 0 unspecified atom stereocenters. The van der Waals surface area contributed by atoms with Crippen molar-refractivity contribution in [3.05, 3.63) is 59.6 Å². The molecule has 0 bridgehead atoms. The molecule has 2 aromatic rings. The molecule has 0 saturated carbocycles. The molecule has 1 aromatic carbocycles. The van der Waals surface area contributed by atoms with Crippen LogP contribution >= 0.6 is 0 Å². The maximum atomic E-state index is 13.5. The van der Waals surface area contributed by atoms with E-state index in [0.717, 1.165) is 6.07 Å². The summed E-state index contributed by atoms with van der Waals surface area (Å²) in [7, 11) is 0. The summed E-state index contributed by atoms with van der Waals surface area (Å²) < 4.78 is 40.4. The van der Waals surface area contributed by atoms with E-state index in [4.69, 9.17) is 0 Å². The zero-order valence-electron chi connectivity index (χ0n) is 21.4. The second-order valence-electron chi connectivity index (χ2n) is 10.4. The van der Waals surface area contributed by atoms with E-state index in [2.05, 4.69) is 14.9 Å². The first-order chi connectivity index (χ1) is 17.4. The lowest BCUT2D eigenvalue weighted by Gasteiger charge is -2.35. The Kier molecular flexibility index (Phi) is 7.68. The van der Waals surface area contributed by atoms with E-state index in [-0.39, 0.29) is 30.4 Å². The number of piperazine rings is 1. The van der Waals surface area contributed by atoms with Gasteiger partial charge in [0.15, 0.2) is 5.78 Å². The van der Waals surface area contributed by atoms with Crippen molar-refractivity contribution in [2.45, 2.75) is 45.2 Å². The number of anilines is 2. The van der Waals surface area contributed by atoms with E-state index >= 15 is 0 Å². The minimum atomic E-state index is -4.53. The molecular formula is C27H32F3N5O2. The van der Waals surface area contributed by atoms with E-state index in [1.807, 2.05) is 23.1 Å². The minimum absolute atomic E-state index is 0.0195. The standard InChI is InChI=1S/C27H32F3N5O2/c1-26(2,3)25-31-22(27(28,29)30)18-23(32-25)34-16-14-33(15-17-34)12-6-7-13-35-20-9-5-4-8-19(20)21(36)10-11-24(35)37/h4-9,18H,10-17H2,1-3H3. The van der Waals surface area contributed by atoms with E-state index in [0.29, 0.717) is 56.3 Å². The highest BCUT2D eigenvalue weighted by Gasteiger charge is 2.36. The number of aromatic nitrogens is 2. The zero-order valence-corrected chi connectivity index (χ0v) is 21.4. The van der Waals surface area contributed by atoms with Gasteiger partial charge in [-0.2, -0.15) is 13.2 Å². The van der Waals surface area contributed by atoms with Gasteiger partial charge in [0, 0.05) is 69.2 Å². The largest absolute Gasteiger partial charge is 0.433 e. The van der Waals surface area contributed by atoms with Crippen molar-refractivity contribution in [2.75, 3.05) is 49.1 Å². The van der Waals surface area contributed by atoms with Crippen molar-refractivity contribution >= 4 is 23.2 Å². The van der Waals surface area contributed by atoms with Gasteiger partial charge < -0.3 is 9.80 Å². The molecule has 0 spiro atoms. The number of Topliss-reactive ketones (excluding diaryl/α,β-unsaturated/α-hetero) is 1. The average Bonchev–Trinajstić information content (AvgIpc) is 2.97. The Balaban J connectivity index is 1.36. The summed E-state index contributed by atoms with van der Waals surface area (Å²) in [5, 5.41) is 0. The molecule has 4 rings (SSSR count). The Morgan fingerprint density at radius 1 is 0.919 bits per heavy atom. The summed E-state index contributed by atoms with van der Waals surface area (Å²) >= 11 is 0. The van der Waals surface area contributed by atoms with Crippen LogP contribution in [0.1, 0.15) is 55.5 Å². The molecular weight excluding hydrogens is 483 g/mol. The van der Waals surface area contributed by atoms with Gasteiger partial charge in [-0.1, -0.05) is 45.1 Å². The van der Waals surface area contributed by atoms with Gasteiger partial charge in [-0.25, -0.2) is 9.97 Å². The number of ketones is 1. The topological polar surface area (TPSA) is 69.6 Å². The summed E-state index contributed by atoms with van der Waals surface area (Å²) in [4.78, 5) is 38.9. The number of hydrogen-bond donors (Lipinski definition) is 0. The van der Waals surface area contributed by atoms with Crippen molar-refractivity contribution in [1.29, 1.82) is 0 Å². The monoisotopic (exact) mass is 515 g/mol. The Bertz CT molecular complexity index is 1150. The number of hydrogen-bond acceptors (Lipinski definition) is 6. The Labute approximate surface area is 215 Å². The molecule has 0 atom stereocenters. The zero-order chi connectivity index (χ0) is 26.8. The fourth-order valence-corrected chi connectivity index (χ4v) is 4.41. The maximum Gasteiger partial charge on any atom is 0.433 e. The fraction of sp³-hybridized carbons (Fsp3) is 0.481. The van der Waals surface area contributed by atoms with Crippen molar-refractivity contribution in [1.82, 2.24) is 14.9 Å². The van der Waals surface area contributed by atoms with Crippen LogP contribution in [0.2, 0.25) is 0 Å². The van der Waals surface area contributed by atoms with Gasteiger partial charge >= 0.3 is 6.18 Å². The third kappa shape index (κ3) is 6.36. The second kappa shape index (κ2) is 10.6. The van der Waals surface area contributed by atoms with Crippen molar-refractivity contribution in [3.8, 4) is 0 Å². The SMILES string of the molecule is CC(C)(C)c1nc(N2CCN(CC=CCN3C(=O)CCC(=O)c4ccccc43)CC2)cc(C(F)(F)F)n1. The number of amides is 1. The normalized spacial score (nSPS) is 17.9. The van der Waals surface area contributed by atoms with Crippen LogP contribution in [-0.4, -0.2) is 65.8 Å². The molecule has 37 heavy (non-hydrogen) atoms. The van der Waals surface area contributed by atoms with E-state index in [1.165, 1.54) is 0 Å².